The number of nitrogens with two attached hydrogens (primary N) is 2. The predicted molar refractivity (Wildman–Crippen MR) is 185 cm³/mol. The molecule has 0 spiro atoms. The summed E-state index contributed by atoms with van der Waals surface area (Å²) in [5.41, 5.74) is 10.5. The molecule has 4 aromatic rings. The van der Waals surface area contributed by atoms with E-state index in [0.29, 0.717) is 0 Å². The molecule has 0 aliphatic carbocycles. The smallest absolute Gasteiger partial charge is 0.295 e. The highest BCUT2D eigenvalue weighted by molar-refractivity contribution is 7.91. The van der Waals surface area contributed by atoms with E-state index in [4.69, 9.17) is 11.5 Å². The Morgan fingerprint density at radius 1 is 0.540 bits per heavy atom. The van der Waals surface area contributed by atoms with Gasteiger partial charge in [0.2, 0.25) is 0 Å². The van der Waals surface area contributed by atoms with Gasteiger partial charge in [-0.05, 0) is 71.8 Å². The monoisotopic (exact) mass is 764 g/mol. The summed E-state index contributed by atoms with van der Waals surface area (Å²) in [7, 11) is -17.2. The second kappa shape index (κ2) is 13.7. The number of carbonyl (C=O) groups is 2. The van der Waals surface area contributed by atoms with Crippen LogP contribution in [0.2, 0.25) is 0 Å². The number of nitrogens with one attached hydrogen (secondary N) is 2. The summed E-state index contributed by atoms with van der Waals surface area (Å²) < 4.78 is 116. The first kappa shape index (κ1) is 37.7. The van der Waals surface area contributed by atoms with Gasteiger partial charge in [-0.1, -0.05) is 24.3 Å². The zero-order chi connectivity index (χ0) is 37.4. The summed E-state index contributed by atoms with van der Waals surface area (Å²) in [6.07, 6.45) is 4.09. The van der Waals surface area contributed by atoms with E-state index in [0.717, 1.165) is 61.1 Å². The van der Waals surface area contributed by atoms with Gasteiger partial charge in [0, 0.05) is 35.0 Å². The van der Waals surface area contributed by atoms with Crippen LogP contribution in [0.3, 0.4) is 0 Å². The summed E-state index contributed by atoms with van der Waals surface area (Å²) in [6, 6.07) is 13.6. The van der Waals surface area contributed by atoms with Crippen molar-refractivity contribution in [3.05, 3.63) is 95.1 Å². The number of sulfone groups is 2. The van der Waals surface area contributed by atoms with E-state index in [-0.39, 0.29) is 54.8 Å². The van der Waals surface area contributed by atoms with Crippen LogP contribution >= 0.6 is 0 Å². The van der Waals surface area contributed by atoms with Gasteiger partial charge in [-0.3, -0.25) is 18.7 Å². The maximum atomic E-state index is 12.8. The van der Waals surface area contributed by atoms with Crippen LogP contribution in [0.15, 0.2) is 92.4 Å². The Kier molecular flexibility index (Phi) is 10.3. The van der Waals surface area contributed by atoms with Gasteiger partial charge in [0.05, 0.1) is 21.2 Å². The molecule has 8 N–H and O–H groups in total. The van der Waals surface area contributed by atoms with Crippen molar-refractivity contribution in [2.45, 2.75) is 19.6 Å². The number of hydrogen-bond acceptors (Lipinski definition) is 12. The number of hydrogen-bond donors (Lipinski definition) is 6. The largest absolute Gasteiger partial charge is 0.398 e. The minimum atomic E-state index is -4.94. The number of benzene rings is 4. The van der Waals surface area contributed by atoms with Gasteiger partial charge in [-0.15, -0.1) is 0 Å². The Balaban J connectivity index is 1.62. The quantitative estimate of drug-likeness (QED) is 0.0769. The van der Waals surface area contributed by atoms with Crippen molar-refractivity contribution < 1.29 is 52.4 Å². The zero-order valence-corrected chi connectivity index (χ0v) is 29.1. The highest BCUT2D eigenvalue weighted by atomic mass is 32.2. The molecular weight excluding hydrogens is 737 g/mol. The maximum Gasteiger partial charge on any atom is 0.295 e. The van der Waals surface area contributed by atoms with Crippen molar-refractivity contribution in [1.82, 2.24) is 0 Å². The predicted octanol–water partition coefficient (Wildman–Crippen LogP) is 2.83. The van der Waals surface area contributed by atoms with Crippen LogP contribution in [0.25, 0.3) is 12.2 Å². The third kappa shape index (κ3) is 8.91. The average Bonchev–Trinajstić information content (AvgIpc) is 2.98. The van der Waals surface area contributed by atoms with Crippen LogP contribution < -0.4 is 22.1 Å². The minimum absolute atomic E-state index is 0.0568. The lowest BCUT2D eigenvalue weighted by Crippen LogP contribution is -2.14. The molecule has 264 valence electrons. The van der Waals surface area contributed by atoms with Crippen LogP contribution in [-0.2, 0) is 39.9 Å². The molecule has 0 bridgehead atoms. The highest BCUT2D eigenvalue weighted by Crippen LogP contribution is 2.28. The van der Waals surface area contributed by atoms with Crippen LogP contribution in [-0.4, -0.2) is 67.1 Å². The van der Waals surface area contributed by atoms with E-state index < -0.39 is 61.5 Å². The second-order valence-corrected chi connectivity index (χ2v) is 17.5. The van der Waals surface area contributed by atoms with Crippen molar-refractivity contribution in [2.24, 2.45) is 0 Å². The van der Waals surface area contributed by atoms with E-state index >= 15 is 0 Å². The summed E-state index contributed by atoms with van der Waals surface area (Å²) in [5, 5.41) is 4.82. The Hall–Kier alpha value is -5.12. The third-order valence-corrected chi connectivity index (χ3v) is 11.0. The van der Waals surface area contributed by atoms with E-state index in [1.54, 1.807) is 0 Å². The first-order valence-electron chi connectivity index (χ1n) is 13.7. The lowest BCUT2D eigenvalue weighted by Gasteiger charge is -2.11. The van der Waals surface area contributed by atoms with Gasteiger partial charge in [0.15, 0.2) is 19.7 Å². The number of anilines is 4. The van der Waals surface area contributed by atoms with E-state index in [9.17, 15) is 52.4 Å². The van der Waals surface area contributed by atoms with Crippen molar-refractivity contribution >= 4 is 86.6 Å². The molecule has 0 saturated heterocycles. The number of amides is 2. The molecule has 0 atom stereocenters. The lowest BCUT2D eigenvalue weighted by atomic mass is 10.1. The molecule has 4 aromatic carbocycles. The third-order valence-electron chi connectivity index (χ3n) is 6.88. The molecule has 0 aliphatic heterocycles. The molecule has 0 heterocycles. The Morgan fingerprint density at radius 2 is 0.880 bits per heavy atom. The summed E-state index contributed by atoms with van der Waals surface area (Å²) >= 11 is 0. The summed E-state index contributed by atoms with van der Waals surface area (Å²) in [5.74, 6) is -1.58. The molecule has 50 heavy (non-hydrogen) atoms. The molecule has 0 radical (unpaired) electrons. The molecule has 2 amide bonds. The van der Waals surface area contributed by atoms with Gasteiger partial charge in [-0.2, -0.15) is 16.8 Å². The molecule has 0 aliphatic rings. The van der Waals surface area contributed by atoms with E-state index in [1.807, 2.05) is 0 Å². The van der Waals surface area contributed by atoms with Gasteiger partial charge in [-0.25, -0.2) is 16.8 Å². The van der Waals surface area contributed by atoms with Gasteiger partial charge >= 0.3 is 0 Å². The Morgan fingerprint density at radius 3 is 1.16 bits per heavy atom. The first-order chi connectivity index (χ1) is 22.9. The van der Waals surface area contributed by atoms with Crippen molar-refractivity contribution in [3.8, 4) is 0 Å². The number of nitrogen functional groups attached to an aromatic ring is 2. The topological polar surface area (TPSA) is 287 Å². The normalized spacial score (nSPS) is 12.5. The van der Waals surface area contributed by atoms with Crippen molar-refractivity contribution in [2.75, 3.05) is 34.6 Å². The van der Waals surface area contributed by atoms with E-state index in [2.05, 4.69) is 10.6 Å². The fraction of sp³-hybridized carbons (Fsp3) is 0.0667. The molecule has 16 nitrogen and oxygen atoms in total. The summed E-state index contributed by atoms with van der Waals surface area (Å²) in [6.45, 7) is 0. The van der Waals surface area contributed by atoms with Gasteiger partial charge in [0.1, 0.15) is 9.79 Å². The zero-order valence-electron chi connectivity index (χ0n) is 25.8. The number of rotatable bonds is 10. The lowest BCUT2D eigenvalue weighted by molar-refractivity contribution is 0.101. The SMILES string of the molecule is CS(=O)(=O)c1ccc(C(=O)Nc2ccc(/C=C/c3ccc(NC(=O)c4ccc(S(C)(=O)=O)c(N)c4)cc3S(=O)(=O)O)c(S(=O)(=O)O)c2)cc1N. The van der Waals surface area contributed by atoms with Gasteiger partial charge < -0.3 is 22.1 Å². The molecular formula is C30H28N4O12S4. The molecule has 4 rings (SSSR count). The van der Waals surface area contributed by atoms with Crippen LogP contribution in [0.5, 0.6) is 0 Å². The Labute approximate surface area is 287 Å². The standard InChI is InChI=1S/C30H28N4O12S4/c1-47(37,38)25-11-7-19(13-23(25)31)29(35)33-21-9-5-17(27(15-21)49(41,42)43)3-4-18-6-10-22(16-28(18)50(44,45)46)34-30(36)20-8-12-26(24(32)14-20)48(2,39)40/h3-16H,31-32H2,1-2H3,(H,33,35)(H,34,36)(H,41,42,43)(H,44,45,46)/b4-3+. The van der Waals surface area contributed by atoms with E-state index in [1.165, 1.54) is 36.4 Å². The van der Waals surface area contributed by atoms with Crippen LogP contribution in [0.4, 0.5) is 22.7 Å². The molecule has 20 heteroatoms. The second-order valence-electron chi connectivity index (χ2n) is 10.7. The maximum absolute atomic E-state index is 12.8. The number of carbonyl (C=O) groups excluding carboxylic acids is 2. The fourth-order valence-corrected chi connectivity index (χ4v) is 7.61. The first-order valence-corrected chi connectivity index (χ1v) is 20.3. The highest BCUT2D eigenvalue weighted by Gasteiger charge is 2.20. The van der Waals surface area contributed by atoms with Crippen molar-refractivity contribution in [3.63, 3.8) is 0 Å². The minimum Gasteiger partial charge on any atom is -0.398 e. The van der Waals surface area contributed by atoms with Crippen LogP contribution in [0, 0.1) is 0 Å². The molecule has 0 unspecified atom stereocenters. The molecule has 0 fully saturated rings. The summed E-state index contributed by atoms with van der Waals surface area (Å²) in [4.78, 5) is 23.8. The fourth-order valence-electron chi connectivity index (χ4n) is 4.59. The Bertz CT molecular complexity index is 2370. The average molecular weight is 765 g/mol. The van der Waals surface area contributed by atoms with Gasteiger partial charge in [0.25, 0.3) is 32.1 Å². The molecule has 0 saturated carbocycles. The van der Waals surface area contributed by atoms with Crippen molar-refractivity contribution in [1.29, 1.82) is 0 Å². The van der Waals surface area contributed by atoms with Crippen LogP contribution in [0.1, 0.15) is 31.8 Å². The molecule has 0 aromatic heterocycles.